The Balaban J connectivity index is 2.21. The summed E-state index contributed by atoms with van der Waals surface area (Å²) >= 11 is 0. The number of nitrogens with two attached hydrogens (primary N) is 1. The molecule has 0 heterocycles. The minimum absolute atomic E-state index is 0.145. The summed E-state index contributed by atoms with van der Waals surface area (Å²) in [6.07, 6.45) is 0.181. The molecule has 0 bridgehead atoms. The van der Waals surface area contributed by atoms with Crippen molar-refractivity contribution in [2.45, 2.75) is 13.3 Å². The maximum Gasteiger partial charge on any atom is 0.170 e. The zero-order valence-corrected chi connectivity index (χ0v) is 10.1. The standard InChI is InChI=1S/C15H14FNO/c1-10-2-7-14(16)13(8-10)15(18)9-11-3-5-12(17)6-4-11/h2-8H,9,17H2,1H3. The summed E-state index contributed by atoms with van der Waals surface area (Å²) in [5, 5.41) is 0. The van der Waals surface area contributed by atoms with E-state index in [0.29, 0.717) is 5.69 Å². The molecule has 0 saturated carbocycles. The summed E-state index contributed by atoms with van der Waals surface area (Å²) in [6.45, 7) is 1.83. The SMILES string of the molecule is Cc1ccc(F)c(C(=O)Cc2ccc(N)cc2)c1. The fourth-order valence-corrected chi connectivity index (χ4v) is 1.77. The van der Waals surface area contributed by atoms with E-state index < -0.39 is 5.82 Å². The Morgan fingerprint density at radius 2 is 1.83 bits per heavy atom. The van der Waals surface area contributed by atoms with E-state index in [1.54, 1.807) is 36.4 Å². The lowest BCUT2D eigenvalue weighted by atomic mass is 10.0. The normalized spacial score (nSPS) is 10.3. The average Bonchev–Trinajstić information content (AvgIpc) is 2.35. The number of carbonyl (C=O) groups excluding carboxylic acids is 1. The molecule has 0 aromatic heterocycles. The Kier molecular flexibility index (Phi) is 3.42. The van der Waals surface area contributed by atoms with Crippen molar-refractivity contribution in [3.63, 3.8) is 0 Å². The second-order valence-electron chi connectivity index (χ2n) is 4.32. The number of ketones is 1. The van der Waals surface area contributed by atoms with Crippen LogP contribution in [0, 0.1) is 12.7 Å². The van der Waals surface area contributed by atoms with Crippen LogP contribution in [0.4, 0.5) is 10.1 Å². The van der Waals surface area contributed by atoms with E-state index in [1.807, 2.05) is 6.92 Å². The van der Waals surface area contributed by atoms with Crippen LogP contribution in [0.5, 0.6) is 0 Å². The fourth-order valence-electron chi connectivity index (χ4n) is 1.77. The van der Waals surface area contributed by atoms with Crippen molar-refractivity contribution in [1.82, 2.24) is 0 Å². The van der Waals surface area contributed by atoms with E-state index in [1.165, 1.54) is 6.07 Å². The highest BCUT2D eigenvalue weighted by atomic mass is 19.1. The number of Topliss-reactive ketones (excluding diaryl/α,β-unsaturated/α-hetero) is 1. The topological polar surface area (TPSA) is 43.1 Å². The van der Waals surface area contributed by atoms with Gasteiger partial charge in [-0.05, 0) is 36.8 Å². The largest absolute Gasteiger partial charge is 0.399 e. The highest BCUT2D eigenvalue weighted by Gasteiger charge is 2.12. The number of hydrogen-bond acceptors (Lipinski definition) is 2. The fraction of sp³-hybridized carbons (Fsp3) is 0.133. The molecule has 0 saturated heterocycles. The number of halogens is 1. The third-order valence-electron chi connectivity index (χ3n) is 2.77. The van der Waals surface area contributed by atoms with Gasteiger partial charge in [0.1, 0.15) is 5.82 Å². The van der Waals surface area contributed by atoms with Crippen LogP contribution in [0.25, 0.3) is 0 Å². The van der Waals surface area contributed by atoms with Crippen molar-refractivity contribution in [1.29, 1.82) is 0 Å². The maximum absolute atomic E-state index is 13.5. The smallest absolute Gasteiger partial charge is 0.170 e. The van der Waals surface area contributed by atoms with Crippen molar-refractivity contribution < 1.29 is 9.18 Å². The highest BCUT2D eigenvalue weighted by Crippen LogP contribution is 2.14. The van der Waals surface area contributed by atoms with E-state index >= 15 is 0 Å². The molecule has 0 spiro atoms. The second kappa shape index (κ2) is 5.00. The summed E-state index contributed by atoms with van der Waals surface area (Å²) in [4.78, 5) is 12.0. The lowest BCUT2D eigenvalue weighted by molar-refractivity contribution is 0.0989. The van der Waals surface area contributed by atoms with Gasteiger partial charge in [0, 0.05) is 12.1 Å². The van der Waals surface area contributed by atoms with Crippen molar-refractivity contribution in [3.8, 4) is 0 Å². The molecule has 0 atom stereocenters. The van der Waals surface area contributed by atoms with E-state index in [4.69, 9.17) is 5.73 Å². The van der Waals surface area contributed by atoms with Gasteiger partial charge < -0.3 is 5.73 Å². The van der Waals surface area contributed by atoms with Gasteiger partial charge in [-0.3, -0.25) is 4.79 Å². The molecule has 2 N–H and O–H groups in total. The molecule has 0 radical (unpaired) electrons. The molecule has 2 aromatic carbocycles. The van der Waals surface area contributed by atoms with Crippen LogP contribution in [0.15, 0.2) is 42.5 Å². The number of hydrogen-bond donors (Lipinski definition) is 1. The molecule has 0 fully saturated rings. The van der Waals surface area contributed by atoms with Crippen molar-refractivity contribution in [2.75, 3.05) is 5.73 Å². The number of aryl methyl sites for hydroxylation is 1. The first-order valence-corrected chi connectivity index (χ1v) is 5.70. The Bertz CT molecular complexity index is 576. The molecule has 3 heteroatoms. The first-order chi connectivity index (χ1) is 8.56. The minimum Gasteiger partial charge on any atom is -0.399 e. The van der Waals surface area contributed by atoms with Gasteiger partial charge in [0.25, 0.3) is 0 Å². The Morgan fingerprint density at radius 3 is 2.50 bits per heavy atom. The number of carbonyl (C=O) groups is 1. The molecule has 0 unspecified atom stereocenters. The van der Waals surface area contributed by atoms with Crippen LogP contribution in [-0.4, -0.2) is 5.78 Å². The number of rotatable bonds is 3. The minimum atomic E-state index is -0.471. The molecule has 92 valence electrons. The third kappa shape index (κ3) is 2.74. The number of benzene rings is 2. The van der Waals surface area contributed by atoms with Crippen LogP contribution in [0.3, 0.4) is 0 Å². The van der Waals surface area contributed by atoms with Crippen molar-refractivity contribution in [2.24, 2.45) is 0 Å². The lowest BCUT2D eigenvalue weighted by Gasteiger charge is -2.04. The molecule has 18 heavy (non-hydrogen) atoms. The summed E-state index contributed by atoms with van der Waals surface area (Å²) in [7, 11) is 0. The van der Waals surface area contributed by atoms with Crippen molar-refractivity contribution >= 4 is 11.5 Å². The predicted molar refractivity (Wildman–Crippen MR) is 70.0 cm³/mol. The first-order valence-electron chi connectivity index (χ1n) is 5.70. The van der Waals surface area contributed by atoms with Gasteiger partial charge in [0.15, 0.2) is 5.78 Å². The summed E-state index contributed by atoms with van der Waals surface area (Å²) in [5.41, 5.74) is 8.06. The lowest BCUT2D eigenvalue weighted by Crippen LogP contribution is -2.06. The first kappa shape index (κ1) is 12.3. The molecule has 0 aliphatic rings. The molecular weight excluding hydrogens is 229 g/mol. The third-order valence-corrected chi connectivity index (χ3v) is 2.77. The molecular formula is C15H14FNO. The van der Waals surface area contributed by atoms with Crippen molar-refractivity contribution in [3.05, 3.63) is 65.0 Å². The van der Waals surface area contributed by atoms with Crippen LogP contribution < -0.4 is 5.73 Å². The van der Waals surface area contributed by atoms with Gasteiger partial charge in [0.05, 0.1) is 5.56 Å². The van der Waals surface area contributed by atoms with Crippen LogP contribution >= 0.6 is 0 Å². The monoisotopic (exact) mass is 243 g/mol. The zero-order chi connectivity index (χ0) is 13.1. The summed E-state index contributed by atoms with van der Waals surface area (Å²) in [5.74, 6) is -0.693. The Morgan fingerprint density at radius 1 is 1.17 bits per heavy atom. The zero-order valence-electron chi connectivity index (χ0n) is 10.1. The van der Waals surface area contributed by atoms with Gasteiger partial charge in [-0.25, -0.2) is 4.39 Å². The van der Waals surface area contributed by atoms with Crippen LogP contribution in [-0.2, 0) is 6.42 Å². The Hall–Kier alpha value is -2.16. The van der Waals surface area contributed by atoms with Gasteiger partial charge in [-0.1, -0.05) is 23.8 Å². The summed E-state index contributed by atoms with van der Waals surface area (Å²) < 4.78 is 13.5. The number of nitrogen functional groups attached to an aromatic ring is 1. The van der Waals surface area contributed by atoms with Gasteiger partial charge in [-0.2, -0.15) is 0 Å². The molecule has 0 aliphatic carbocycles. The predicted octanol–water partition coefficient (Wildman–Crippen LogP) is 3.14. The average molecular weight is 243 g/mol. The van der Waals surface area contributed by atoms with Crippen LogP contribution in [0.1, 0.15) is 21.5 Å². The van der Waals surface area contributed by atoms with E-state index in [0.717, 1.165) is 11.1 Å². The van der Waals surface area contributed by atoms with E-state index in [-0.39, 0.29) is 17.8 Å². The molecule has 0 amide bonds. The van der Waals surface area contributed by atoms with Gasteiger partial charge in [0.2, 0.25) is 0 Å². The van der Waals surface area contributed by atoms with Gasteiger partial charge in [-0.15, -0.1) is 0 Å². The Labute approximate surface area is 105 Å². The van der Waals surface area contributed by atoms with Crippen LogP contribution in [0.2, 0.25) is 0 Å². The van der Waals surface area contributed by atoms with E-state index in [9.17, 15) is 9.18 Å². The van der Waals surface area contributed by atoms with E-state index in [2.05, 4.69) is 0 Å². The molecule has 2 nitrogen and oxygen atoms in total. The molecule has 2 rings (SSSR count). The molecule has 0 aliphatic heterocycles. The quantitative estimate of drug-likeness (QED) is 0.664. The number of anilines is 1. The van der Waals surface area contributed by atoms with Gasteiger partial charge >= 0.3 is 0 Å². The highest BCUT2D eigenvalue weighted by molar-refractivity contribution is 5.97. The molecule has 2 aromatic rings. The summed E-state index contributed by atoms with van der Waals surface area (Å²) in [6, 6.07) is 11.6. The maximum atomic E-state index is 13.5. The second-order valence-corrected chi connectivity index (χ2v) is 4.32.